The second kappa shape index (κ2) is 8.12. The van der Waals surface area contributed by atoms with Crippen LogP contribution in [0.1, 0.15) is 49.1 Å². The minimum absolute atomic E-state index is 0.338. The normalized spacial score (nSPS) is 12.6. The lowest BCUT2D eigenvalue weighted by molar-refractivity contribution is 0.463. The maximum absolute atomic E-state index is 5.68. The largest absolute Gasteiger partial charge is 0.272 e. The minimum atomic E-state index is 0.338. The number of allylic oxidation sites excluding steroid dienone is 1. The Morgan fingerprint density at radius 2 is 2.11 bits per heavy atom. The van der Waals surface area contributed by atoms with E-state index in [0.717, 1.165) is 25.0 Å². The highest BCUT2D eigenvalue weighted by molar-refractivity contribution is 5.25. The molecule has 0 aliphatic heterocycles. The van der Waals surface area contributed by atoms with Crippen LogP contribution in [0.4, 0.5) is 0 Å². The van der Waals surface area contributed by atoms with Gasteiger partial charge in [0.15, 0.2) is 0 Å². The molecule has 1 heterocycles. The number of aromatic nitrogens is 2. The predicted molar refractivity (Wildman–Crippen MR) is 80.8 cm³/mol. The predicted octanol–water partition coefficient (Wildman–Crippen LogP) is 2.55. The van der Waals surface area contributed by atoms with Crippen LogP contribution in [0.3, 0.4) is 0 Å². The number of nitrogens with two attached hydrogens (primary N) is 1. The smallest absolute Gasteiger partial charge is 0.0628 e. The third kappa shape index (κ3) is 4.80. The van der Waals surface area contributed by atoms with Crippen LogP contribution in [0, 0.1) is 13.8 Å². The van der Waals surface area contributed by atoms with Crippen LogP contribution >= 0.6 is 0 Å². The molecule has 1 rings (SSSR count). The van der Waals surface area contributed by atoms with Gasteiger partial charge >= 0.3 is 0 Å². The van der Waals surface area contributed by atoms with Gasteiger partial charge in [0.2, 0.25) is 0 Å². The van der Waals surface area contributed by atoms with Crippen LogP contribution in [0.2, 0.25) is 0 Å². The van der Waals surface area contributed by atoms with Gasteiger partial charge in [0.25, 0.3) is 0 Å². The van der Waals surface area contributed by atoms with Gasteiger partial charge in [-0.3, -0.25) is 16.0 Å². The molecule has 108 valence electrons. The lowest BCUT2D eigenvalue weighted by Crippen LogP contribution is -2.37. The molecule has 0 aliphatic rings. The lowest BCUT2D eigenvalue weighted by Gasteiger charge is -2.16. The Labute approximate surface area is 117 Å². The van der Waals surface area contributed by atoms with Gasteiger partial charge in [0.05, 0.1) is 5.69 Å². The zero-order valence-electron chi connectivity index (χ0n) is 12.6. The summed E-state index contributed by atoms with van der Waals surface area (Å²) in [7, 11) is 1.99. The Morgan fingerprint density at radius 3 is 2.63 bits per heavy atom. The Hall–Kier alpha value is -1.13. The first-order valence-corrected chi connectivity index (χ1v) is 7.16. The van der Waals surface area contributed by atoms with Gasteiger partial charge in [-0.2, -0.15) is 5.10 Å². The van der Waals surface area contributed by atoms with E-state index in [9.17, 15) is 0 Å². The average molecular weight is 264 g/mol. The molecule has 0 saturated carbocycles. The number of unbranched alkanes of at least 4 members (excludes halogenated alkanes) is 3. The van der Waals surface area contributed by atoms with Gasteiger partial charge in [-0.15, -0.1) is 6.58 Å². The summed E-state index contributed by atoms with van der Waals surface area (Å²) in [6.45, 7) is 7.93. The van der Waals surface area contributed by atoms with E-state index in [1.54, 1.807) is 0 Å². The summed E-state index contributed by atoms with van der Waals surface area (Å²) < 4.78 is 1.95. The zero-order valence-corrected chi connectivity index (χ0v) is 12.6. The van der Waals surface area contributed by atoms with E-state index in [2.05, 4.69) is 31.0 Å². The number of nitrogens with one attached hydrogen (secondary N) is 1. The SMILES string of the molecule is C=CCCCCCC(Cc1c(C)nn(C)c1C)NN. The lowest BCUT2D eigenvalue weighted by atomic mass is 9.99. The van der Waals surface area contributed by atoms with Gasteiger partial charge in [0.1, 0.15) is 0 Å². The Kier molecular flexibility index (Phi) is 6.81. The molecular weight excluding hydrogens is 236 g/mol. The number of hydrazine groups is 1. The van der Waals surface area contributed by atoms with Crippen LogP contribution in [0.15, 0.2) is 12.7 Å². The van der Waals surface area contributed by atoms with E-state index in [1.807, 2.05) is 17.8 Å². The summed E-state index contributed by atoms with van der Waals surface area (Å²) in [5, 5.41) is 4.46. The quantitative estimate of drug-likeness (QED) is 0.312. The Morgan fingerprint density at radius 1 is 1.37 bits per heavy atom. The number of nitrogens with zero attached hydrogens (tertiary/aromatic N) is 2. The number of rotatable bonds is 9. The Bertz CT molecular complexity index is 395. The molecule has 0 bridgehead atoms. The summed E-state index contributed by atoms with van der Waals surface area (Å²) in [6.07, 6.45) is 8.86. The van der Waals surface area contributed by atoms with E-state index in [0.29, 0.717) is 6.04 Å². The maximum atomic E-state index is 5.68. The third-order valence-electron chi connectivity index (χ3n) is 3.81. The first-order chi connectivity index (χ1) is 9.10. The van der Waals surface area contributed by atoms with E-state index >= 15 is 0 Å². The molecule has 0 aliphatic carbocycles. The first-order valence-electron chi connectivity index (χ1n) is 7.16. The van der Waals surface area contributed by atoms with Crippen molar-refractivity contribution in [2.45, 2.75) is 58.4 Å². The molecule has 0 radical (unpaired) electrons. The fourth-order valence-electron chi connectivity index (χ4n) is 2.46. The molecule has 0 aromatic carbocycles. The van der Waals surface area contributed by atoms with Crippen molar-refractivity contribution in [1.29, 1.82) is 0 Å². The molecular formula is C15H28N4. The van der Waals surface area contributed by atoms with E-state index < -0.39 is 0 Å². The van der Waals surface area contributed by atoms with Crippen LogP contribution in [-0.4, -0.2) is 15.8 Å². The Balaban J connectivity index is 2.45. The van der Waals surface area contributed by atoms with Crippen molar-refractivity contribution < 1.29 is 0 Å². The third-order valence-corrected chi connectivity index (χ3v) is 3.81. The molecule has 3 N–H and O–H groups in total. The first kappa shape index (κ1) is 15.9. The van der Waals surface area contributed by atoms with E-state index in [4.69, 9.17) is 5.84 Å². The van der Waals surface area contributed by atoms with Crippen molar-refractivity contribution in [2.24, 2.45) is 12.9 Å². The highest BCUT2D eigenvalue weighted by Crippen LogP contribution is 2.16. The molecule has 0 saturated heterocycles. The van der Waals surface area contributed by atoms with Gasteiger partial charge in [-0.05, 0) is 45.1 Å². The molecule has 1 aromatic heterocycles. The monoisotopic (exact) mass is 264 g/mol. The van der Waals surface area contributed by atoms with Crippen molar-refractivity contribution in [3.8, 4) is 0 Å². The van der Waals surface area contributed by atoms with E-state index in [1.165, 1.54) is 30.5 Å². The summed E-state index contributed by atoms with van der Waals surface area (Å²) in [4.78, 5) is 0. The van der Waals surface area contributed by atoms with Gasteiger partial charge in [-0.1, -0.05) is 18.9 Å². The highest BCUT2D eigenvalue weighted by Gasteiger charge is 2.14. The van der Waals surface area contributed by atoms with Crippen molar-refractivity contribution >= 4 is 0 Å². The molecule has 19 heavy (non-hydrogen) atoms. The van der Waals surface area contributed by atoms with Crippen molar-refractivity contribution in [1.82, 2.24) is 15.2 Å². The molecule has 0 amide bonds. The topological polar surface area (TPSA) is 55.9 Å². The molecule has 1 aromatic rings. The van der Waals surface area contributed by atoms with Crippen LogP contribution < -0.4 is 11.3 Å². The summed E-state index contributed by atoms with van der Waals surface area (Å²) in [5.74, 6) is 5.68. The van der Waals surface area contributed by atoms with Crippen LogP contribution in [0.25, 0.3) is 0 Å². The molecule has 4 nitrogen and oxygen atoms in total. The number of aryl methyl sites for hydroxylation is 2. The standard InChI is InChI=1S/C15H28N4/c1-5-6-7-8-9-10-14(17-16)11-15-12(2)18-19(4)13(15)3/h5,14,17H,1,6-11,16H2,2-4H3. The highest BCUT2D eigenvalue weighted by atomic mass is 15.3. The molecule has 1 unspecified atom stereocenters. The zero-order chi connectivity index (χ0) is 14.3. The fraction of sp³-hybridized carbons (Fsp3) is 0.667. The van der Waals surface area contributed by atoms with Gasteiger partial charge in [0, 0.05) is 18.8 Å². The molecule has 0 spiro atoms. The summed E-state index contributed by atoms with van der Waals surface area (Å²) in [6, 6.07) is 0.338. The molecule has 4 heteroatoms. The fourth-order valence-corrected chi connectivity index (χ4v) is 2.46. The summed E-state index contributed by atoms with van der Waals surface area (Å²) >= 11 is 0. The van der Waals surface area contributed by atoms with Gasteiger partial charge < -0.3 is 0 Å². The number of hydrogen-bond donors (Lipinski definition) is 2. The molecule has 1 atom stereocenters. The maximum Gasteiger partial charge on any atom is 0.0628 e. The van der Waals surface area contributed by atoms with Crippen LogP contribution in [-0.2, 0) is 13.5 Å². The van der Waals surface area contributed by atoms with Crippen molar-refractivity contribution in [3.63, 3.8) is 0 Å². The average Bonchev–Trinajstić information content (AvgIpc) is 2.63. The van der Waals surface area contributed by atoms with E-state index in [-0.39, 0.29) is 0 Å². The second-order valence-electron chi connectivity index (χ2n) is 5.27. The van der Waals surface area contributed by atoms with Crippen LogP contribution in [0.5, 0.6) is 0 Å². The number of hydrogen-bond acceptors (Lipinski definition) is 3. The minimum Gasteiger partial charge on any atom is -0.272 e. The van der Waals surface area contributed by atoms with Crippen molar-refractivity contribution in [3.05, 3.63) is 29.6 Å². The summed E-state index contributed by atoms with van der Waals surface area (Å²) in [5.41, 5.74) is 6.64. The van der Waals surface area contributed by atoms with Crippen molar-refractivity contribution in [2.75, 3.05) is 0 Å². The second-order valence-corrected chi connectivity index (χ2v) is 5.27. The molecule has 0 fully saturated rings. The van der Waals surface area contributed by atoms with Gasteiger partial charge in [-0.25, -0.2) is 0 Å².